The Morgan fingerprint density at radius 1 is 1.13 bits per heavy atom. The van der Waals surface area contributed by atoms with Crippen molar-refractivity contribution < 1.29 is 4.79 Å². The van der Waals surface area contributed by atoms with Crippen molar-refractivity contribution in [2.24, 2.45) is 4.99 Å². The Morgan fingerprint density at radius 2 is 1.87 bits per heavy atom. The van der Waals surface area contributed by atoms with Gasteiger partial charge in [0.25, 0.3) is 0 Å². The molecule has 162 valence electrons. The molecule has 0 radical (unpaired) electrons. The number of aliphatic imine (C=N–C) groups is 1. The van der Waals surface area contributed by atoms with Gasteiger partial charge in [0.15, 0.2) is 5.96 Å². The summed E-state index contributed by atoms with van der Waals surface area (Å²) in [6.07, 6.45) is 5.90. The first-order valence-electron chi connectivity index (χ1n) is 10.5. The first kappa shape index (κ1) is 22.1. The van der Waals surface area contributed by atoms with Gasteiger partial charge in [0.05, 0.1) is 6.42 Å². The number of benzene rings is 1. The third-order valence-electron chi connectivity index (χ3n) is 5.06. The predicted molar refractivity (Wildman–Crippen MR) is 119 cm³/mol. The second-order valence-electron chi connectivity index (χ2n) is 7.32. The van der Waals surface area contributed by atoms with Crippen molar-refractivity contribution in [1.29, 1.82) is 0 Å². The minimum atomic E-state index is 0.146. The van der Waals surface area contributed by atoms with Crippen molar-refractivity contribution in [3.63, 3.8) is 0 Å². The average Bonchev–Trinajstić information content (AvgIpc) is 3.26. The van der Waals surface area contributed by atoms with Crippen molar-refractivity contribution >= 4 is 23.5 Å². The summed E-state index contributed by atoms with van der Waals surface area (Å²) in [5, 5.41) is 11.7. The maximum Gasteiger partial charge on any atom is 0.227 e. The molecule has 1 N–H and O–H groups in total. The fourth-order valence-corrected chi connectivity index (χ4v) is 3.67. The Balaban J connectivity index is 1.44. The zero-order valence-corrected chi connectivity index (χ0v) is 18.3. The van der Waals surface area contributed by atoms with E-state index in [9.17, 15) is 4.79 Å². The van der Waals surface area contributed by atoms with E-state index >= 15 is 0 Å². The van der Waals surface area contributed by atoms with Gasteiger partial charge in [-0.1, -0.05) is 23.7 Å². The van der Waals surface area contributed by atoms with E-state index in [-0.39, 0.29) is 5.91 Å². The van der Waals surface area contributed by atoms with Crippen LogP contribution >= 0.6 is 11.6 Å². The van der Waals surface area contributed by atoms with Crippen LogP contribution in [-0.4, -0.2) is 75.7 Å². The van der Waals surface area contributed by atoms with Crippen LogP contribution in [0.5, 0.6) is 0 Å². The maximum atomic E-state index is 12.6. The summed E-state index contributed by atoms with van der Waals surface area (Å²) in [6, 6.07) is 7.51. The molecule has 1 aromatic carbocycles. The van der Waals surface area contributed by atoms with Gasteiger partial charge in [-0.05, 0) is 37.5 Å². The minimum absolute atomic E-state index is 0.146. The lowest BCUT2D eigenvalue weighted by atomic mass is 10.1. The van der Waals surface area contributed by atoms with E-state index in [0.29, 0.717) is 24.5 Å². The number of aromatic nitrogens is 3. The van der Waals surface area contributed by atoms with E-state index in [1.807, 2.05) is 33.7 Å². The molecule has 0 atom stereocenters. The van der Waals surface area contributed by atoms with Gasteiger partial charge in [0.2, 0.25) is 5.91 Å². The molecule has 2 heterocycles. The van der Waals surface area contributed by atoms with Gasteiger partial charge >= 0.3 is 0 Å². The molecule has 0 spiro atoms. The number of nitrogens with one attached hydrogen (secondary N) is 1. The molecule has 2 aromatic rings. The molecule has 0 bridgehead atoms. The summed E-state index contributed by atoms with van der Waals surface area (Å²) in [5.41, 5.74) is 0.955. The molecule has 1 saturated heterocycles. The van der Waals surface area contributed by atoms with E-state index in [2.05, 4.69) is 27.3 Å². The highest BCUT2D eigenvalue weighted by Crippen LogP contribution is 2.13. The lowest BCUT2D eigenvalue weighted by Gasteiger charge is -2.36. The second kappa shape index (κ2) is 11.5. The third-order valence-corrected chi connectivity index (χ3v) is 5.30. The van der Waals surface area contributed by atoms with Crippen LogP contribution in [0.15, 0.2) is 41.9 Å². The fourth-order valence-electron chi connectivity index (χ4n) is 3.46. The summed E-state index contributed by atoms with van der Waals surface area (Å²) < 4.78 is 1.98. The lowest BCUT2D eigenvalue weighted by molar-refractivity contribution is -0.131. The van der Waals surface area contributed by atoms with Crippen molar-refractivity contribution in [2.75, 3.05) is 39.3 Å². The molecule has 3 rings (SSSR count). The SMILES string of the molecule is CCNC(=NCCCCn1cnnc1)N1CCN(C(=O)Cc2cccc(Cl)c2)CC1. The molecule has 1 amide bonds. The second-order valence-corrected chi connectivity index (χ2v) is 7.75. The number of carbonyl (C=O) groups is 1. The summed E-state index contributed by atoms with van der Waals surface area (Å²) in [5.74, 6) is 1.08. The van der Waals surface area contributed by atoms with Gasteiger partial charge < -0.3 is 19.7 Å². The van der Waals surface area contributed by atoms with E-state index in [1.165, 1.54) is 0 Å². The first-order chi connectivity index (χ1) is 14.7. The standard InChI is InChI=1S/C21H30ClN7O/c1-2-23-21(24-8-3-4-9-27-16-25-26-17-27)29-12-10-28(11-13-29)20(30)15-18-6-5-7-19(22)14-18/h5-7,14,16-17H,2-4,8-13,15H2,1H3,(H,23,24). The number of hydrogen-bond donors (Lipinski definition) is 1. The third kappa shape index (κ3) is 6.73. The van der Waals surface area contributed by atoms with Gasteiger partial charge in [-0.2, -0.15) is 0 Å². The Morgan fingerprint density at radius 3 is 2.57 bits per heavy atom. The highest BCUT2D eigenvalue weighted by molar-refractivity contribution is 6.30. The largest absolute Gasteiger partial charge is 0.357 e. The zero-order chi connectivity index (χ0) is 21.2. The number of unbranched alkanes of at least 4 members (excludes halogenated alkanes) is 1. The number of aryl methyl sites for hydroxylation is 1. The van der Waals surface area contributed by atoms with Crippen LogP contribution in [-0.2, 0) is 17.8 Å². The number of piperazine rings is 1. The number of hydrogen-bond acceptors (Lipinski definition) is 4. The van der Waals surface area contributed by atoms with Crippen LogP contribution in [0, 0.1) is 0 Å². The minimum Gasteiger partial charge on any atom is -0.357 e. The monoisotopic (exact) mass is 431 g/mol. The molecule has 9 heteroatoms. The Labute approximate surface area is 182 Å². The van der Waals surface area contributed by atoms with Gasteiger partial charge in [-0.3, -0.25) is 9.79 Å². The van der Waals surface area contributed by atoms with Crippen molar-refractivity contribution in [3.05, 3.63) is 47.5 Å². The summed E-state index contributed by atoms with van der Waals surface area (Å²) in [6.45, 7) is 7.57. The van der Waals surface area contributed by atoms with Crippen LogP contribution in [0.4, 0.5) is 0 Å². The summed E-state index contributed by atoms with van der Waals surface area (Å²) in [4.78, 5) is 21.6. The molecule has 1 aromatic heterocycles. The number of halogens is 1. The fraction of sp³-hybridized carbons (Fsp3) is 0.524. The molecular weight excluding hydrogens is 402 g/mol. The number of carbonyl (C=O) groups excluding carboxylic acids is 1. The molecule has 0 unspecified atom stereocenters. The predicted octanol–water partition coefficient (Wildman–Crippen LogP) is 2.06. The molecule has 0 saturated carbocycles. The van der Waals surface area contributed by atoms with Gasteiger partial charge in [0.1, 0.15) is 12.7 Å². The summed E-state index contributed by atoms with van der Waals surface area (Å²) in [7, 11) is 0. The van der Waals surface area contributed by atoms with Crippen molar-refractivity contribution in [3.8, 4) is 0 Å². The van der Waals surface area contributed by atoms with Crippen LogP contribution in [0.25, 0.3) is 0 Å². The topological polar surface area (TPSA) is 78.7 Å². The summed E-state index contributed by atoms with van der Waals surface area (Å²) >= 11 is 6.03. The zero-order valence-electron chi connectivity index (χ0n) is 17.5. The van der Waals surface area contributed by atoms with Crippen LogP contribution in [0.2, 0.25) is 5.02 Å². The van der Waals surface area contributed by atoms with Gasteiger partial charge in [-0.25, -0.2) is 0 Å². The first-order valence-corrected chi connectivity index (χ1v) is 10.9. The number of rotatable bonds is 8. The Kier molecular flexibility index (Phi) is 8.50. The molecular formula is C21H30ClN7O. The number of nitrogens with zero attached hydrogens (tertiary/aromatic N) is 6. The number of amides is 1. The highest BCUT2D eigenvalue weighted by atomic mass is 35.5. The van der Waals surface area contributed by atoms with Crippen molar-refractivity contribution in [1.82, 2.24) is 29.9 Å². The maximum absolute atomic E-state index is 12.6. The molecule has 1 aliphatic heterocycles. The van der Waals surface area contributed by atoms with E-state index in [0.717, 1.165) is 57.1 Å². The van der Waals surface area contributed by atoms with E-state index < -0.39 is 0 Å². The van der Waals surface area contributed by atoms with Crippen LogP contribution in [0.3, 0.4) is 0 Å². The Hall–Kier alpha value is -2.61. The quantitative estimate of drug-likeness (QED) is 0.393. The molecule has 30 heavy (non-hydrogen) atoms. The van der Waals surface area contributed by atoms with E-state index in [4.69, 9.17) is 16.6 Å². The van der Waals surface area contributed by atoms with Crippen LogP contribution in [0.1, 0.15) is 25.3 Å². The Bertz CT molecular complexity index is 817. The molecule has 8 nitrogen and oxygen atoms in total. The van der Waals surface area contributed by atoms with Crippen molar-refractivity contribution in [2.45, 2.75) is 32.7 Å². The smallest absolute Gasteiger partial charge is 0.227 e. The van der Waals surface area contributed by atoms with Gasteiger partial charge in [0, 0.05) is 50.8 Å². The molecule has 1 fully saturated rings. The highest BCUT2D eigenvalue weighted by Gasteiger charge is 2.23. The normalized spacial score (nSPS) is 14.8. The van der Waals surface area contributed by atoms with E-state index in [1.54, 1.807) is 12.7 Å². The van der Waals surface area contributed by atoms with Crippen LogP contribution < -0.4 is 5.32 Å². The number of guanidine groups is 1. The van der Waals surface area contributed by atoms with Gasteiger partial charge in [-0.15, -0.1) is 10.2 Å². The lowest BCUT2D eigenvalue weighted by Crippen LogP contribution is -2.54. The average molecular weight is 432 g/mol. The molecule has 1 aliphatic rings. The molecule has 0 aliphatic carbocycles.